The van der Waals surface area contributed by atoms with E-state index < -0.39 is 25.9 Å². The lowest BCUT2D eigenvalue weighted by molar-refractivity contribution is 0.126. The third-order valence-corrected chi connectivity index (χ3v) is 8.05. The first kappa shape index (κ1) is 23.2. The van der Waals surface area contributed by atoms with E-state index in [-0.39, 0.29) is 10.2 Å². The molecule has 0 saturated heterocycles. The number of nitrogens with zero attached hydrogens (tertiary/aromatic N) is 1. The highest BCUT2D eigenvalue weighted by Crippen LogP contribution is 2.44. The number of unbranched alkanes of at least 4 members (excludes halogenated alkanes) is 2. The Hall–Kier alpha value is -1.49. The summed E-state index contributed by atoms with van der Waals surface area (Å²) >= 11 is 6.66. The van der Waals surface area contributed by atoms with Crippen molar-refractivity contribution in [1.29, 1.82) is 0 Å². The van der Waals surface area contributed by atoms with Gasteiger partial charge in [-0.25, -0.2) is 17.8 Å². The standard InChI is InChI=1S/C19H25ClF2N4O2S2/c20-13-9-16(30(27,28)26-18-25-11-17(22)29-18)14(21)10-15(13)24-8-3-1-2-5-19(12-23)6-4-7-19/h9-11,24H,1-8,12,23H2,(H,25,26). The average Bonchev–Trinajstić information content (AvgIpc) is 3.06. The van der Waals surface area contributed by atoms with Gasteiger partial charge in [-0.2, -0.15) is 4.39 Å². The van der Waals surface area contributed by atoms with Gasteiger partial charge in [-0.3, -0.25) is 4.72 Å². The SMILES string of the molecule is NCC1(CCCCCNc2cc(F)c(S(=O)(=O)Nc3ncc(F)s3)cc2Cl)CCC1. The van der Waals surface area contributed by atoms with Crippen LogP contribution in [0.5, 0.6) is 0 Å². The Labute approximate surface area is 184 Å². The number of aromatic nitrogens is 1. The molecule has 11 heteroatoms. The molecule has 6 nitrogen and oxygen atoms in total. The van der Waals surface area contributed by atoms with Crippen LogP contribution in [0.2, 0.25) is 5.02 Å². The van der Waals surface area contributed by atoms with Crippen LogP contribution in [0.25, 0.3) is 0 Å². The molecule has 0 unspecified atom stereocenters. The number of anilines is 2. The molecule has 0 radical (unpaired) electrons. The number of hydrogen-bond donors (Lipinski definition) is 3. The number of nitrogens with one attached hydrogen (secondary N) is 2. The second-order valence-corrected chi connectivity index (χ2v) is 10.7. The lowest BCUT2D eigenvalue weighted by Crippen LogP contribution is -2.37. The molecule has 1 aliphatic rings. The van der Waals surface area contributed by atoms with Crippen molar-refractivity contribution in [2.24, 2.45) is 11.1 Å². The van der Waals surface area contributed by atoms with Gasteiger partial charge in [0.1, 0.15) is 10.7 Å². The first-order valence-corrected chi connectivity index (χ1v) is 12.5. The van der Waals surface area contributed by atoms with E-state index in [4.69, 9.17) is 17.3 Å². The Balaban J connectivity index is 1.52. The Morgan fingerprint density at radius 3 is 2.60 bits per heavy atom. The third-order valence-electron chi connectivity index (χ3n) is 5.56. The predicted molar refractivity (Wildman–Crippen MR) is 117 cm³/mol. The molecular formula is C19H25ClF2N4O2S2. The summed E-state index contributed by atoms with van der Waals surface area (Å²) in [5, 5.41) is 2.29. The highest BCUT2D eigenvalue weighted by molar-refractivity contribution is 7.93. The van der Waals surface area contributed by atoms with Gasteiger partial charge >= 0.3 is 0 Å². The number of hydrogen-bond acceptors (Lipinski definition) is 6. The van der Waals surface area contributed by atoms with Crippen molar-refractivity contribution >= 4 is 43.8 Å². The number of nitrogens with two attached hydrogens (primary N) is 1. The van der Waals surface area contributed by atoms with E-state index in [1.54, 1.807) is 0 Å². The van der Waals surface area contributed by atoms with Crippen LogP contribution in [0, 0.1) is 16.4 Å². The lowest BCUT2D eigenvalue weighted by Gasteiger charge is -2.41. The molecule has 1 aliphatic carbocycles. The second kappa shape index (κ2) is 9.76. The van der Waals surface area contributed by atoms with Crippen LogP contribution in [0.4, 0.5) is 19.6 Å². The monoisotopic (exact) mass is 478 g/mol. The van der Waals surface area contributed by atoms with Crippen molar-refractivity contribution in [3.63, 3.8) is 0 Å². The van der Waals surface area contributed by atoms with E-state index in [0.717, 1.165) is 50.6 Å². The predicted octanol–water partition coefficient (Wildman–Crippen LogP) is 4.98. The minimum absolute atomic E-state index is 0.0821. The first-order valence-electron chi connectivity index (χ1n) is 9.82. The van der Waals surface area contributed by atoms with Crippen molar-refractivity contribution < 1.29 is 17.2 Å². The van der Waals surface area contributed by atoms with Crippen LogP contribution in [-0.4, -0.2) is 26.5 Å². The van der Waals surface area contributed by atoms with Gasteiger partial charge < -0.3 is 11.1 Å². The highest BCUT2D eigenvalue weighted by atomic mass is 35.5. The smallest absolute Gasteiger partial charge is 0.266 e. The zero-order valence-corrected chi connectivity index (χ0v) is 18.8. The number of sulfonamides is 1. The van der Waals surface area contributed by atoms with Crippen LogP contribution in [0.3, 0.4) is 0 Å². The fourth-order valence-electron chi connectivity index (χ4n) is 3.60. The lowest BCUT2D eigenvalue weighted by atomic mass is 9.66. The summed E-state index contributed by atoms with van der Waals surface area (Å²) in [5.41, 5.74) is 6.55. The molecule has 0 spiro atoms. The van der Waals surface area contributed by atoms with Gasteiger partial charge in [0.25, 0.3) is 10.0 Å². The van der Waals surface area contributed by atoms with Gasteiger partial charge in [0.2, 0.25) is 0 Å². The summed E-state index contributed by atoms with van der Waals surface area (Å²) < 4.78 is 54.2. The minimum atomic E-state index is -4.28. The van der Waals surface area contributed by atoms with Crippen molar-refractivity contribution in [3.8, 4) is 0 Å². The van der Waals surface area contributed by atoms with Crippen molar-refractivity contribution in [2.75, 3.05) is 23.1 Å². The Kier molecular flexibility index (Phi) is 7.54. The molecule has 1 aromatic heterocycles. The van der Waals surface area contributed by atoms with Crippen LogP contribution in [0.1, 0.15) is 44.9 Å². The first-order chi connectivity index (χ1) is 14.2. The number of rotatable bonds is 11. The molecule has 1 aromatic carbocycles. The Morgan fingerprint density at radius 1 is 1.23 bits per heavy atom. The van der Waals surface area contributed by atoms with Gasteiger partial charge in [0.15, 0.2) is 10.3 Å². The van der Waals surface area contributed by atoms with Crippen LogP contribution < -0.4 is 15.8 Å². The molecule has 0 atom stereocenters. The maximum atomic E-state index is 14.5. The van der Waals surface area contributed by atoms with E-state index in [1.807, 2.05) is 4.72 Å². The van der Waals surface area contributed by atoms with Gasteiger partial charge in [-0.05, 0) is 49.8 Å². The molecule has 2 aromatic rings. The summed E-state index contributed by atoms with van der Waals surface area (Å²) in [4.78, 5) is 2.95. The zero-order valence-electron chi connectivity index (χ0n) is 16.4. The summed E-state index contributed by atoms with van der Waals surface area (Å²) in [6.45, 7) is 1.35. The molecule has 0 bridgehead atoms. The fourth-order valence-corrected chi connectivity index (χ4v) is 5.77. The molecule has 3 rings (SSSR count). The van der Waals surface area contributed by atoms with E-state index in [0.29, 0.717) is 29.0 Å². The molecule has 4 N–H and O–H groups in total. The topological polar surface area (TPSA) is 97.1 Å². The molecule has 0 aliphatic heterocycles. The van der Waals surface area contributed by atoms with Crippen molar-refractivity contribution in [1.82, 2.24) is 4.98 Å². The third kappa shape index (κ3) is 5.60. The maximum absolute atomic E-state index is 14.5. The van der Waals surface area contributed by atoms with Crippen molar-refractivity contribution in [2.45, 2.75) is 49.8 Å². The average molecular weight is 479 g/mol. The molecule has 1 fully saturated rings. The van der Waals surface area contributed by atoms with Crippen LogP contribution >= 0.6 is 22.9 Å². The number of halogens is 3. The number of benzene rings is 1. The van der Waals surface area contributed by atoms with Gasteiger partial charge in [-0.15, -0.1) is 0 Å². The zero-order chi connectivity index (χ0) is 21.8. The summed E-state index contributed by atoms with van der Waals surface area (Å²) in [6.07, 6.45) is 8.73. The maximum Gasteiger partial charge on any atom is 0.266 e. The normalized spacial score (nSPS) is 15.6. The molecule has 0 amide bonds. The van der Waals surface area contributed by atoms with E-state index >= 15 is 0 Å². The molecular weight excluding hydrogens is 454 g/mol. The molecule has 1 saturated carbocycles. The summed E-state index contributed by atoms with van der Waals surface area (Å²) in [5.74, 6) is -0.957. The minimum Gasteiger partial charge on any atom is -0.384 e. The fraction of sp³-hybridized carbons (Fsp3) is 0.526. The van der Waals surface area contributed by atoms with Gasteiger partial charge in [0.05, 0.1) is 16.9 Å². The van der Waals surface area contributed by atoms with Crippen molar-refractivity contribution in [3.05, 3.63) is 34.3 Å². The van der Waals surface area contributed by atoms with Crippen LogP contribution in [-0.2, 0) is 10.0 Å². The quantitative estimate of drug-likeness (QED) is 0.396. The molecule has 30 heavy (non-hydrogen) atoms. The van der Waals surface area contributed by atoms with Gasteiger partial charge in [-0.1, -0.05) is 42.2 Å². The largest absolute Gasteiger partial charge is 0.384 e. The number of thiazole rings is 1. The molecule has 166 valence electrons. The Morgan fingerprint density at radius 2 is 2.00 bits per heavy atom. The summed E-state index contributed by atoms with van der Waals surface area (Å²) in [6, 6.07) is 2.09. The van der Waals surface area contributed by atoms with Gasteiger partial charge in [0, 0.05) is 6.54 Å². The molecule has 1 heterocycles. The highest BCUT2D eigenvalue weighted by Gasteiger charge is 2.34. The summed E-state index contributed by atoms with van der Waals surface area (Å²) in [7, 11) is -4.28. The van der Waals surface area contributed by atoms with E-state index in [9.17, 15) is 17.2 Å². The van der Waals surface area contributed by atoms with E-state index in [1.165, 1.54) is 19.3 Å². The van der Waals surface area contributed by atoms with E-state index in [2.05, 4.69) is 10.3 Å². The second-order valence-electron chi connectivity index (χ2n) is 7.63. The van der Waals surface area contributed by atoms with Crippen LogP contribution in [0.15, 0.2) is 23.2 Å². The Bertz CT molecular complexity index is 975.